The predicted octanol–water partition coefficient (Wildman–Crippen LogP) is 3.74. The van der Waals surface area contributed by atoms with E-state index in [1.165, 1.54) is 0 Å². The van der Waals surface area contributed by atoms with Crippen molar-refractivity contribution in [3.05, 3.63) is 64.4 Å². The predicted molar refractivity (Wildman–Crippen MR) is 119 cm³/mol. The van der Waals surface area contributed by atoms with Crippen LogP contribution >= 0.6 is 0 Å². The van der Waals surface area contributed by atoms with Crippen molar-refractivity contribution < 1.29 is 8.76 Å². The molecule has 3 aromatic rings. The summed E-state index contributed by atoms with van der Waals surface area (Å²) in [5.74, 6) is 0.700. The molecule has 158 valence electrons. The Bertz CT molecular complexity index is 1120. The van der Waals surface area contributed by atoms with Crippen LogP contribution in [0, 0.1) is 5.92 Å². The average Bonchev–Trinajstić information content (AvgIpc) is 2.75. The van der Waals surface area contributed by atoms with E-state index in [0.717, 1.165) is 47.9 Å². The molecule has 1 saturated carbocycles. The lowest BCUT2D eigenvalue weighted by Gasteiger charge is -2.27. The molecule has 0 amide bonds. The minimum Gasteiger partial charge on any atom is -0.760 e. The van der Waals surface area contributed by atoms with Crippen LogP contribution in [0.1, 0.15) is 44.2 Å². The molecule has 0 bridgehead atoms. The van der Waals surface area contributed by atoms with Gasteiger partial charge in [0, 0.05) is 28.8 Å². The number of nitrogens with one attached hydrogen (secondary N) is 1. The molecule has 0 aliphatic heterocycles. The fraction of sp³-hybridized carbons (Fsp3) is 0.391. The Hall–Kier alpha value is -2.35. The van der Waals surface area contributed by atoms with E-state index in [0.29, 0.717) is 24.3 Å². The summed E-state index contributed by atoms with van der Waals surface area (Å²) in [6, 6.07) is 15.7. The topological polar surface area (TPSA) is 87.1 Å². The van der Waals surface area contributed by atoms with Gasteiger partial charge in [-0.25, -0.2) is 9.40 Å². The molecule has 1 aliphatic carbocycles. The Morgan fingerprint density at radius 2 is 1.83 bits per heavy atom. The molecule has 7 heteroatoms. The van der Waals surface area contributed by atoms with Crippen LogP contribution in [0.25, 0.3) is 22.0 Å². The third kappa shape index (κ3) is 4.53. The van der Waals surface area contributed by atoms with Crippen LogP contribution in [-0.2, 0) is 17.7 Å². The smallest absolute Gasteiger partial charge is 0.274 e. The van der Waals surface area contributed by atoms with Gasteiger partial charge in [0.25, 0.3) is 5.56 Å². The molecule has 1 atom stereocenters. The number of rotatable bonds is 6. The largest absolute Gasteiger partial charge is 0.760 e. The first-order valence-corrected chi connectivity index (χ1v) is 11.5. The summed E-state index contributed by atoms with van der Waals surface area (Å²) in [5, 5.41) is 6.39. The lowest BCUT2D eigenvalue weighted by Crippen LogP contribution is -2.30. The maximum atomic E-state index is 13.2. The van der Waals surface area contributed by atoms with Gasteiger partial charge in [0.1, 0.15) is 0 Å². The highest BCUT2D eigenvalue weighted by molar-refractivity contribution is 7.77. The second-order valence-electron chi connectivity index (χ2n) is 8.14. The van der Waals surface area contributed by atoms with Gasteiger partial charge >= 0.3 is 0 Å². The average molecular weight is 425 g/mol. The second-order valence-corrected chi connectivity index (χ2v) is 8.90. The highest BCUT2D eigenvalue weighted by Crippen LogP contribution is 2.32. The van der Waals surface area contributed by atoms with Crippen LogP contribution < -0.4 is 10.3 Å². The third-order valence-corrected chi connectivity index (χ3v) is 6.43. The van der Waals surface area contributed by atoms with Gasteiger partial charge < -0.3 is 4.55 Å². The molecular formula is C23H26N3O3S-. The van der Waals surface area contributed by atoms with Crippen LogP contribution in [0.3, 0.4) is 0 Å². The van der Waals surface area contributed by atoms with Crippen LogP contribution in [0.5, 0.6) is 0 Å². The van der Waals surface area contributed by atoms with E-state index in [2.05, 4.69) is 11.6 Å². The fourth-order valence-electron chi connectivity index (χ4n) is 4.31. The normalized spacial score (nSPS) is 20.3. The van der Waals surface area contributed by atoms with Crippen molar-refractivity contribution in [2.45, 2.75) is 45.1 Å². The molecule has 1 N–H and O–H groups in total. The zero-order chi connectivity index (χ0) is 21.1. The zero-order valence-corrected chi connectivity index (χ0v) is 17.9. The van der Waals surface area contributed by atoms with Crippen LogP contribution in [-0.4, -0.2) is 25.1 Å². The number of hydrogen-bond donors (Lipinski definition) is 1. The van der Waals surface area contributed by atoms with Crippen LogP contribution in [0.15, 0.2) is 53.3 Å². The van der Waals surface area contributed by atoms with Crippen molar-refractivity contribution in [3.8, 4) is 11.3 Å². The van der Waals surface area contributed by atoms with Gasteiger partial charge in [-0.15, -0.1) is 0 Å². The third-order valence-electron chi connectivity index (χ3n) is 5.99. The van der Waals surface area contributed by atoms with Gasteiger partial charge in [-0.05, 0) is 55.7 Å². The minimum absolute atomic E-state index is 0.0211. The minimum atomic E-state index is -2.26. The highest BCUT2D eigenvalue weighted by atomic mass is 32.2. The number of benzene rings is 2. The van der Waals surface area contributed by atoms with Crippen molar-refractivity contribution in [2.75, 3.05) is 6.54 Å². The molecule has 1 aliphatic rings. The molecular weight excluding hydrogens is 398 g/mol. The van der Waals surface area contributed by atoms with E-state index >= 15 is 0 Å². The van der Waals surface area contributed by atoms with Crippen molar-refractivity contribution in [3.63, 3.8) is 0 Å². The molecule has 2 aromatic carbocycles. The molecule has 1 heterocycles. The van der Waals surface area contributed by atoms with Crippen molar-refractivity contribution in [1.82, 2.24) is 14.5 Å². The van der Waals surface area contributed by atoms with E-state index in [1.54, 1.807) is 4.68 Å². The van der Waals surface area contributed by atoms with E-state index in [9.17, 15) is 13.6 Å². The SMILES string of the molecule is CC1CCC(n2nc(-c3cccc(CCNS(=O)[O-])c3)c3ccccc3c2=O)CC1. The molecule has 4 rings (SSSR count). The molecule has 1 unspecified atom stereocenters. The van der Waals surface area contributed by atoms with Gasteiger partial charge in [0.15, 0.2) is 0 Å². The maximum absolute atomic E-state index is 13.2. The number of aromatic nitrogens is 2. The van der Waals surface area contributed by atoms with Crippen molar-refractivity contribution in [1.29, 1.82) is 0 Å². The van der Waals surface area contributed by atoms with E-state index in [1.807, 2.05) is 48.5 Å². The Labute approximate surface area is 178 Å². The standard InChI is InChI=1S/C23H27N3O3S/c1-16-9-11-19(12-10-16)26-23(27)21-8-3-2-7-20(21)22(25-26)18-6-4-5-17(15-18)13-14-24-30(28)29/h2-8,15-16,19,24H,9-14H2,1H3,(H,28,29)/p-1. The molecule has 1 aromatic heterocycles. The van der Waals surface area contributed by atoms with Crippen molar-refractivity contribution in [2.24, 2.45) is 5.92 Å². The van der Waals surface area contributed by atoms with E-state index in [-0.39, 0.29) is 11.6 Å². The zero-order valence-electron chi connectivity index (χ0n) is 17.0. The molecule has 30 heavy (non-hydrogen) atoms. The van der Waals surface area contributed by atoms with Gasteiger partial charge in [-0.2, -0.15) is 5.10 Å². The molecule has 0 spiro atoms. The van der Waals surface area contributed by atoms with Crippen molar-refractivity contribution >= 4 is 22.0 Å². The summed E-state index contributed by atoms with van der Waals surface area (Å²) in [5.41, 5.74) is 2.73. The summed E-state index contributed by atoms with van der Waals surface area (Å²) in [7, 11) is 0. The Morgan fingerprint density at radius 1 is 1.10 bits per heavy atom. The Kier molecular flexibility index (Phi) is 6.41. The van der Waals surface area contributed by atoms with Gasteiger partial charge in [0.05, 0.1) is 17.1 Å². The van der Waals surface area contributed by atoms with Gasteiger partial charge in [-0.3, -0.25) is 9.00 Å². The number of nitrogens with zero attached hydrogens (tertiary/aromatic N) is 2. The first-order valence-electron chi connectivity index (χ1n) is 10.5. The maximum Gasteiger partial charge on any atom is 0.274 e. The van der Waals surface area contributed by atoms with E-state index < -0.39 is 11.3 Å². The summed E-state index contributed by atoms with van der Waals surface area (Å²) < 4.78 is 25.5. The summed E-state index contributed by atoms with van der Waals surface area (Å²) in [6.07, 6.45) is 4.77. The molecule has 0 radical (unpaired) electrons. The summed E-state index contributed by atoms with van der Waals surface area (Å²) in [4.78, 5) is 13.2. The summed E-state index contributed by atoms with van der Waals surface area (Å²) >= 11 is -2.26. The lowest BCUT2D eigenvalue weighted by molar-refractivity contribution is 0.268. The molecule has 1 fully saturated rings. The first kappa shape index (κ1) is 20.9. The molecule has 6 nitrogen and oxygen atoms in total. The fourth-order valence-corrected chi connectivity index (χ4v) is 4.58. The van der Waals surface area contributed by atoms with Gasteiger partial charge in [0.2, 0.25) is 0 Å². The number of fused-ring (bicyclic) bond motifs is 1. The van der Waals surface area contributed by atoms with E-state index in [4.69, 9.17) is 5.10 Å². The first-order chi connectivity index (χ1) is 14.5. The highest BCUT2D eigenvalue weighted by Gasteiger charge is 2.23. The summed E-state index contributed by atoms with van der Waals surface area (Å²) in [6.45, 7) is 2.61. The monoisotopic (exact) mass is 424 g/mol. The quantitative estimate of drug-likeness (QED) is 0.611. The van der Waals surface area contributed by atoms with Gasteiger partial charge in [-0.1, -0.05) is 43.3 Å². The molecule has 0 saturated heterocycles. The van der Waals surface area contributed by atoms with Crippen LogP contribution in [0.2, 0.25) is 0 Å². The van der Waals surface area contributed by atoms with Crippen LogP contribution in [0.4, 0.5) is 0 Å². The Balaban J connectivity index is 1.76. The second kappa shape index (κ2) is 9.20. The lowest BCUT2D eigenvalue weighted by atomic mass is 9.87. The number of hydrogen-bond acceptors (Lipinski definition) is 4. The Morgan fingerprint density at radius 3 is 2.57 bits per heavy atom.